The molecule has 0 atom stereocenters. The Kier molecular flexibility index (Phi) is 6.39. The molecule has 1 amide bonds. The van der Waals surface area contributed by atoms with E-state index in [-0.39, 0.29) is 11.0 Å². The minimum atomic E-state index is -0.321. The molecule has 136 valence electrons. The molecule has 1 heterocycles. The topological polar surface area (TPSA) is 63.2 Å². The summed E-state index contributed by atoms with van der Waals surface area (Å²) >= 11 is 14.7. The lowest BCUT2D eigenvalue weighted by Gasteiger charge is -2.14. The summed E-state index contributed by atoms with van der Waals surface area (Å²) < 4.78 is 6.57. The van der Waals surface area contributed by atoms with Crippen LogP contribution in [0.3, 0.4) is 0 Å². The van der Waals surface area contributed by atoms with Crippen molar-refractivity contribution in [2.75, 3.05) is 5.32 Å². The first-order valence-electron chi connectivity index (χ1n) is 7.78. The van der Waals surface area contributed by atoms with Crippen LogP contribution in [-0.4, -0.2) is 16.0 Å². The molecule has 0 spiro atoms. The third-order valence-corrected chi connectivity index (χ3v) is 4.32. The van der Waals surface area contributed by atoms with E-state index in [1.54, 1.807) is 48.7 Å². The van der Waals surface area contributed by atoms with Crippen molar-refractivity contribution in [1.29, 1.82) is 0 Å². The summed E-state index contributed by atoms with van der Waals surface area (Å²) in [7, 11) is 0. The van der Waals surface area contributed by atoms with Crippen LogP contribution < -0.4 is 15.4 Å². The number of thiocarbonyl (C=S) groups is 1. The fourth-order valence-corrected chi connectivity index (χ4v) is 2.82. The van der Waals surface area contributed by atoms with Gasteiger partial charge in [0.15, 0.2) is 16.7 Å². The summed E-state index contributed by atoms with van der Waals surface area (Å²) in [5.74, 6) is 0.894. The van der Waals surface area contributed by atoms with Gasteiger partial charge in [-0.15, -0.1) is 0 Å². The summed E-state index contributed by atoms with van der Waals surface area (Å²) in [5.41, 5.74) is 0.498. The Hall–Kier alpha value is -2.48. The summed E-state index contributed by atoms with van der Waals surface area (Å²) in [4.78, 5) is 16.5. The molecule has 1 aromatic heterocycles. The number of para-hydroxylation sites is 1. The predicted octanol–water partition coefficient (Wildman–Crippen LogP) is 5.42. The highest BCUT2D eigenvalue weighted by Crippen LogP contribution is 2.34. The number of ether oxygens (including phenoxy) is 1. The number of nitrogens with one attached hydrogen (secondary N) is 2. The Morgan fingerprint density at radius 3 is 2.52 bits per heavy atom. The molecule has 5 nitrogen and oxygen atoms in total. The van der Waals surface area contributed by atoms with Gasteiger partial charge in [0.05, 0.1) is 5.02 Å². The van der Waals surface area contributed by atoms with Gasteiger partial charge in [-0.05, 0) is 52.4 Å². The van der Waals surface area contributed by atoms with Crippen molar-refractivity contribution in [2.24, 2.45) is 0 Å². The van der Waals surface area contributed by atoms with Crippen LogP contribution in [0.1, 0.15) is 10.4 Å². The summed E-state index contributed by atoms with van der Waals surface area (Å²) in [6, 6.07) is 17.6. The van der Waals surface area contributed by atoms with Crippen molar-refractivity contribution >= 4 is 56.6 Å². The Morgan fingerprint density at radius 2 is 1.78 bits per heavy atom. The van der Waals surface area contributed by atoms with E-state index < -0.39 is 0 Å². The predicted molar refractivity (Wildman–Crippen MR) is 114 cm³/mol. The number of aromatic nitrogens is 1. The Bertz CT molecular complexity index is 986. The number of nitrogens with zero attached hydrogens (tertiary/aromatic N) is 1. The Balaban J connectivity index is 1.75. The number of carbonyl (C=O) groups is 1. The van der Waals surface area contributed by atoms with Gasteiger partial charge in [-0.3, -0.25) is 10.1 Å². The van der Waals surface area contributed by atoms with Crippen LogP contribution in [-0.2, 0) is 0 Å². The number of hydrogen-bond acceptors (Lipinski definition) is 4. The minimum absolute atomic E-state index is 0.0997. The van der Waals surface area contributed by atoms with E-state index in [1.165, 1.54) is 0 Å². The van der Waals surface area contributed by atoms with Crippen LogP contribution in [0.25, 0.3) is 0 Å². The lowest BCUT2D eigenvalue weighted by molar-refractivity contribution is 0.0977. The molecular weight excluding hydrogens is 450 g/mol. The van der Waals surface area contributed by atoms with Gasteiger partial charge in [0.25, 0.3) is 5.91 Å². The van der Waals surface area contributed by atoms with Crippen LogP contribution in [0.4, 0.5) is 5.82 Å². The Morgan fingerprint density at radius 1 is 1.07 bits per heavy atom. The van der Waals surface area contributed by atoms with Crippen LogP contribution in [0, 0.1) is 0 Å². The van der Waals surface area contributed by atoms with Gasteiger partial charge >= 0.3 is 0 Å². The Labute approximate surface area is 174 Å². The molecule has 0 unspecified atom stereocenters. The van der Waals surface area contributed by atoms with Crippen molar-refractivity contribution in [3.63, 3.8) is 0 Å². The van der Waals surface area contributed by atoms with E-state index in [1.807, 2.05) is 18.2 Å². The van der Waals surface area contributed by atoms with E-state index >= 15 is 0 Å². The maximum atomic E-state index is 12.2. The molecule has 0 radical (unpaired) electrons. The zero-order valence-corrected chi connectivity index (χ0v) is 16.9. The van der Waals surface area contributed by atoms with E-state index in [0.717, 1.165) is 0 Å². The maximum absolute atomic E-state index is 12.2. The van der Waals surface area contributed by atoms with Gasteiger partial charge in [-0.2, -0.15) is 0 Å². The molecule has 2 aromatic carbocycles. The molecule has 0 saturated carbocycles. The average molecular weight is 463 g/mol. The van der Waals surface area contributed by atoms with Crippen molar-refractivity contribution in [2.45, 2.75) is 0 Å². The van der Waals surface area contributed by atoms with E-state index in [2.05, 4.69) is 31.5 Å². The smallest absolute Gasteiger partial charge is 0.257 e. The molecule has 3 aromatic rings. The highest BCUT2D eigenvalue weighted by Gasteiger charge is 2.13. The molecule has 0 bridgehead atoms. The molecule has 0 saturated heterocycles. The van der Waals surface area contributed by atoms with Crippen molar-refractivity contribution in [3.05, 3.63) is 81.9 Å². The summed E-state index contributed by atoms with van der Waals surface area (Å²) in [5, 5.41) is 6.05. The first kappa shape index (κ1) is 19.3. The number of pyridine rings is 1. The standard InChI is InChI=1S/C19H13BrClN3O2S/c20-13-10-16(26-15-9-5-4-8-14(15)21)17(22-11-13)23-19(27)24-18(25)12-6-2-1-3-7-12/h1-11H,(H2,22,23,24,25,27). The molecule has 0 aliphatic carbocycles. The van der Waals surface area contributed by atoms with Crippen molar-refractivity contribution in [3.8, 4) is 11.5 Å². The van der Waals surface area contributed by atoms with E-state index in [4.69, 9.17) is 28.6 Å². The first-order valence-corrected chi connectivity index (χ1v) is 9.36. The van der Waals surface area contributed by atoms with Crippen LogP contribution in [0.15, 0.2) is 71.3 Å². The summed E-state index contributed by atoms with van der Waals surface area (Å²) in [6.45, 7) is 0. The molecule has 2 N–H and O–H groups in total. The van der Waals surface area contributed by atoms with Crippen molar-refractivity contribution < 1.29 is 9.53 Å². The van der Waals surface area contributed by atoms with Crippen molar-refractivity contribution in [1.82, 2.24) is 10.3 Å². The van der Waals surface area contributed by atoms with Gasteiger partial charge in [-0.25, -0.2) is 4.98 Å². The van der Waals surface area contributed by atoms with Gasteiger partial charge < -0.3 is 10.1 Å². The maximum Gasteiger partial charge on any atom is 0.257 e. The van der Waals surface area contributed by atoms with Gasteiger partial charge in [0.2, 0.25) is 0 Å². The van der Waals surface area contributed by atoms with Crippen LogP contribution in [0.2, 0.25) is 5.02 Å². The molecule has 3 rings (SSSR count). The zero-order chi connectivity index (χ0) is 19.2. The average Bonchev–Trinajstić information content (AvgIpc) is 2.66. The largest absolute Gasteiger partial charge is 0.452 e. The monoisotopic (exact) mass is 461 g/mol. The van der Waals surface area contributed by atoms with Gasteiger partial charge in [-0.1, -0.05) is 41.9 Å². The fraction of sp³-hybridized carbons (Fsp3) is 0. The molecule has 8 heteroatoms. The van der Waals surface area contributed by atoms with E-state index in [0.29, 0.717) is 32.4 Å². The number of anilines is 1. The molecule has 27 heavy (non-hydrogen) atoms. The number of benzene rings is 2. The normalized spacial score (nSPS) is 10.1. The quantitative estimate of drug-likeness (QED) is 0.507. The fourth-order valence-electron chi connectivity index (χ4n) is 2.14. The lowest BCUT2D eigenvalue weighted by atomic mass is 10.2. The second-order valence-electron chi connectivity index (χ2n) is 5.31. The second kappa shape index (κ2) is 8.94. The molecular formula is C19H13BrClN3O2S. The van der Waals surface area contributed by atoms with Gasteiger partial charge in [0, 0.05) is 22.3 Å². The molecule has 0 fully saturated rings. The first-order chi connectivity index (χ1) is 13.0. The highest BCUT2D eigenvalue weighted by atomic mass is 79.9. The minimum Gasteiger partial charge on any atom is -0.452 e. The third kappa shape index (κ3) is 5.26. The van der Waals surface area contributed by atoms with Gasteiger partial charge in [0.1, 0.15) is 5.75 Å². The highest BCUT2D eigenvalue weighted by molar-refractivity contribution is 9.10. The number of hydrogen-bond donors (Lipinski definition) is 2. The third-order valence-electron chi connectivity index (χ3n) is 3.37. The SMILES string of the molecule is O=C(NC(=S)Nc1ncc(Br)cc1Oc1ccccc1Cl)c1ccccc1. The van der Waals surface area contributed by atoms with Crippen LogP contribution >= 0.6 is 39.7 Å². The van der Waals surface area contributed by atoms with E-state index in [9.17, 15) is 4.79 Å². The van der Waals surface area contributed by atoms with Crippen LogP contribution in [0.5, 0.6) is 11.5 Å². The lowest BCUT2D eigenvalue weighted by Crippen LogP contribution is -2.34. The number of halogens is 2. The molecule has 0 aliphatic heterocycles. The molecule has 0 aliphatic rings. The number of carbonyl (C=O) groups excluding carboxylic acids is 1. The number of amides is 1. The number of rotatable bonds is 4. The second-order valence-corrected chi connectivity index (χ2v) is 7.04. The zero-order valence-electron chi connectivity index (χ0n) is 13.8. The summed E-state index contributed by atoms with van der Waals surface area (Å²) in [6.07, 6.45) is 1.59.